The second-order valence-corrected chi connectivity index (χ2v) is 5.86. The maximum Gasteiger partial charge on any atom is 0.270 e. The van der Waals surface area contributed by atoms with Crippen LogP contribution in [0.2, 0.25) is 0 Å². The fraction of sp³-hybridized carbons (Fsp3) is 0.190. The van der Waals surface area contributed by atoms with Crippen LogP contribution in [0.4, 0.5) is 0 Å². The third-order valence-electron chi connectivity index (χ3n) is 4.21. The van der Waals surface area contributed by atoms with Crippen molar-refractivity contribution in [2.45, 2.75) is 12.3 Å². The summed E-state index contributed by atoms with van der Waals surface area (Å²) in [5.74, 6) is 0.361. The van der Waals surface area contributed by atoms with Crippen molar-refractivity contribution in [3.8, 4) is 5.88 Å². The first-order chi connectivity index (χ1) is 12.8. The lowest BCUT2D eigenvalue weighted by Crippen LogP contribution is -2.26. The van der Waals surface area contributed by atoms with E-state index in [2.05, 4.69) is 39.6 Å². The number of hydrogen-bond acceptors (Lipinski definition) is 4. The Hall–Kier alpha value is -3.21. The van der Waals surface area contributed by atoms with E-state index < -0.39 is 0 Å². The number of amides is 1. The van der Waals surface area contributed by atoms with Gasteiger partial charge in [0.15, 0.2) is 0 Å². The number of nitrogens with zero attached hydrogens (tertiary/aromatic N) is 2. The van der Waals surface area contributed by atoms with Crippen LogP contribution in [0.3, 0.4) is 0 Å². The normalized spacial score (nSPS) is 10.5. The van der Waals surface area contributed by atoms with E-state index in [4.69, 9.17) is 4.74 Å². The van der Waals surface area contributed by atoms with Crippen LogP contribution in [0.25, 0.3) is 0 Å². The molecule has 0 atom stereocenters. The first-order valence-electron chi connectivity index (χ1n) is 8.52. The van der Waals surface area contributed by atoms with Gasteiger partial charge in [-0.15, -0.1) is 0 Å². The fourth-order valence-electron chi connectivity index (χ4n) is 2.89. The molecule has 0 bridgehead atoms. The Balaban J connectivity index is 1.67. The number of nitrogens with one attached hydrogen (secondary N) is 1. The molecule has 3 aromatic rings. The van der Waals surface area contributed by atoms with Crippen LogP contribution in [0.15, 0.2) is 73.1 Å². The molecule has 1 amide bonds. The van der Waals surface area contributed by atoms with Crippen LogP contribution in [0.5, 0.6) is 5.88 Å². The quantitative estimate of drug-likeness (QED) is 0.711. The van der Waals surface area contributed by atoms with Crippen molar-refractivity contribution >= 4 is 5.91 Å². The van der Waals surface area contributed by atoms with Crippen LogP contribution < -0.4 is 10.1 Å². The highest BCUT2D eigenvalue weighted by atomic mass is 16.5. The number of aromatic nitrogens is 2. The molecule has 1 N–H and O–H groups in total. The number of rotatable bonds is 7. The molecule has 5 nitrogen and oxygen atoms in total. The molecule has 0 radical (unpaired) electrons. The number of hydrogen-bond donors (Lipinski definition) is 1. The minimum Gasteiger partial charge on any atom is -0.481 e. The van der Waals surface area contributed by atoms with E-state index in [1.807, 2.05) is 36.4 Å². The van der Waals surface area contributed by atoms with Crippen molar-refractivity contribution in [3.05, 3.63) is 89.9 Å². The van der Waals surface area contributed by atoms with Gasteiger partial charge in [0.1, 0.15) is 12.0 Å². The van der Waals surface area contributed by atoms with Crippen molar-refractivity contribution < 1.29 is 9.53 Å². The summed E-state index contributed by atoms with van der Waals surface area (Å²) in [6, 6.07) is 22.2. The highest BCUT2D eigenvalue weighted by molar-refractivity contribution is 5.92. The largest absolute Gasteiger partial charge is 0.481 e. The molecule has 132 valence electrons. The average Bonchev–Trinajstić information content (AvgIpc) is 2.72. The topological polar surface area (TPSA) is 64.1 Å². The molecule has 1 heterocycles. The molecule has 26 heavy (non-hydrogen) atoms. The van der Waals surface area contributed by atoms with E-state index >= 15 is 0 Å². The first kappa shape index (κ1) is 17.6. The van der Waals surface area contributed by atoms with Gasteiger partial charge in [0.2, 0.25) is 5.88 Å². The van der Waals surface area contributed by atoms with Gasteiger partial charge in [-0.1, -0.05) is 60.7 Å². The fourth-order valence-corrected chi connectivity index (χ4v) is 2.89. The summed E-state index contributed by atoms with van der Waals surface area (Å²) in [6.07, 6.45) is 2.12. The molecule has 3 rings (SSSR count). The lowest BCUT2D eigenvalue weighted by Gasteiger charge is -2.18. The van der Waals surface area contributed by atoms with Gasteiger partial charge in [0.25, 0.3) is 5.91 Å². The molecular weight excluding hydrogens is 326 g/mol. The Morgan fingerprint density at radius 2 is 1.62 bits per heavy atom. The summed E-state index contributed by atoms with van der Waals surface area (Å²) in [6.45, 7) is 0.541. The third-order valence-corrected chi connectivity index (χ3v) is 4.21. The molecule has 0 unspecified atom stereocenters. The lowest BCUT2D eigenvalue weighted by atomic mass is 9.88. The molecule has 5 heteroatoms. The molecular formula is C21H21N3O2. The van der Waals surface area contributed by atoms with E-state index in [9.17, 15) is 4.79 Å². The van der Waals surface area contributed by atoms with Gasteiger partial charge in [-0.3, -0.25) is 4.79 Å². The predicted molar refractivity (Wildman–Crippen MR) is 100 cm³/mol. The van der Waals surface area contributed by atoms with E-state index in [1.54, 1.807) is 0 Å². The zero-order chi connectivity index (χ0) is 18.2. The molecule has 1 aromatic heterocycles. The van der Waals surface area contributed by atoms with E-state index in [-0.39, 0.29) is 11.8 Å². The molecule has 0 aliphatic rings. The van der Waals surface area contributed by atoms with Crippen molar-refractivity contribution in [2.75, 3.05) is 13.7 Å². The molecule has 2 aromatic carbocycles. The molecule has 0 fully saturated rings. The Morgan fingerprint density at radius 1 is 1.00 bits per heavy atom. The van der Waals surface area contributed by atoms with E-state index in [0.29, 0.717) is 18.1 Å². The van der Waals surface area contributed by atoms with Crippen molar-refractivity contribution in [1.29, 1.82) is 0 Å². The van der Waals surface area contributed by atoms with Crippen molar-refractivity contribution in [3.63, 3.8) is 0 Å². The van der Waals surface area contributed by atoms with Crippen LogP contribution >= 0.6 is 0 Å². The maximum absolute atomic E-state index is 12.3. The molecule has 0 spiro atoms. The Bertz CT molecular complexity index is 799. The number of carbonyl (C=O) groups excluding carboxylic acids is 1. The van der Waals surface area contributed by atoms with Gasteiger partial charge in [-0.2, -0.15) is 0 Å². The first-order valence-corrected chi connectivity index (χ1v) is 8.52. The monoisotopic (exact) mass is 347 g/mol. The van der Waals surface area contributed by atoms with Gasteiger partial charge in [0.05, 0.1) is 7.11 Å². The predicted octanol–water partition coefficient (Wildman–Crippen LogP) is 3.44. The maximum atomic E-state index is 12.3. The van der Waals surface area contributed by atoms with Gasteiger partial charge in [0, 0.05) is 18.5 Å². The Kier molecular flexibility index (Phi) is 5.93. The second-order valence-electron chi connectivity index (χ2n) is 5.86. The summed E-state index contributed by atoms with van der Waals surface area (Å²) in [5.41, 5.74) is 2.76. The number of ether oxygens (including phenoxy) is 1. The summed E-state index contributed by atoms with van der Waals surface area (Å²) in [4.78, 5) is 20.2. The molecule has 0 aliphatic heterocycles. The van der Waals surface area contributed by atoms with Gasteiger partial charge in [-0.25, -0.2) is 9.97 Å². The SMILES string of the molecule is COc1cc(C(=O)NCCC(c2ccccc2)c2ccccc2)ncn1. The summed E-state index contributed by atoms with van der Waals surface area (Å²) < 4.78 is 5.03. The lowest BCUT2D eigenvalue weighted by molar-refractivity contribution is 0.0947. The van der Waals surface area contributed by atoms with Crippen LogP contribution in [-0.2, 0) is 0 Å². The number of carbonyl (C=O) groups is 1. The Labute approximate surface area is 153 Å². The van der Waals surface area contributed by atoms with Gasteiger partial charge >= 0.3 is 0 Å². The average molecular weight is 347 g/mol. The minimum absolute atomic E-state index is 0.220. The smallest absolute Gasteiger partial charge is 0.270 e. The van der Waals surface area contributed by atoms with Gasteiger partial charge < -0.3 is 10.1 Å². The number of benzene rings is 2. The molecule has 0 aliphatic carbocycles. The number of methoxy groups -OCH3 is 1. The highest BCUT2D eigenvalue weighted by Gasteiger charge is 2.15. The zero-order valence-corrected chi connectivity index (χ0v) is 14.6. The Morgan fingerprint density at radius 3 is 2.19 bits per heavy atom. The minimum atomic E-state index is -0.231. The molecule has 0 saturated carbocycles. The van der Waals surface area contributed by atoms with E-state index in [1.165, 1.54) is 30.6 Å². The van der Waals surface area contributed by atoms with Gasteiger partial charge in [-0.05, 0) is 17.5 Å². The van der Waals surface area contributed by atoms with Crippen LogP contribution in [0, 0.1) is 0 Å². The summed E-state index contributed by atoms with van der Waals surface area (Å²) >= 11 is 0. The summed E-state index contributed by atoms with van der Waals surface area (Å²) in [5, 5.41) is 2.94. The van der Waals surface area contributed by atoms with Crippen molar-refractivity contribution in [2.24, 2.45) is 0 Å². The third kappa shape index (κ3) is 4.45. The summed E-state index contributed by atoms with van der Waals surface area (Å²) in [7, 11) is 1.51. The molecule has 0 saturated heterocycles. The van der Waals surface area contributed by atoms with Crippen molar-refractivity contribution in [1.82, 2.24) is 15.3 Å². The van der Waals surface area contributed by atoms with Crippen LogP contribution in [0.1, 0.15) is 34.0 Å². The van der Waals surface area contributed by atoms with E-state index in [0.717, 1.165) is 6.42 Å². The highest BCUT2D eigenvalue weighted by Crippen LogP contribution is 2.27. The zero-order valence-electron chi connectivity index (χ0n) is 14.6. The van der Waals surface area contributed by atoms with Crippen LogP contribution in [-0.4, -0.2) is 29.5 Å². The standard InChI is InChI=1S/C21H21N3O2/c1-26-20-14-19(23-15-24-20)21(25)22-13-12-18(16-8-4-2-5-9-16)17-10-6-3-7-11-17/h2-11,14-15,18H,12-13H2,1H3,(H,22,25). The second kappa shape index (κ2) is 8.76.